The van der Waals surface area contributed by atoms with E-state index < -0.39 is 6.09 Å². The fraction of sp³-hybridized carbons (Fsp3) is 0.529. The SMILES string of the molecule is CNC(=O)COC(=O)NC1CCN(CCOc2ccc(F)cc2)CC1. The number of nitrogens with zero attached hydrogens (tertiary/aromatic N) is 1. The van der Waals surface area contributed by atoms with Crippen molar-refractivity contribution in [3.05, 3.63) is 30.1 Å². The van der Waals surface area contributed by atoms with Gasteiger partial charge in [-0.25, -0.2) is 9.18 Å². The van der Waals surface area contributed by atoms with Crippen molar-refractivity contribution in [2.45, 2.75) is 18.9 Å². The minimum absolute atomic E-state index is 0.0476. The summed E-state index contributed by atoms with van der Waals surface area (Å²) in [6.07, 6.45) is 1.05. The number of rotatable bonds is 7. The summed E-state index contributed by atoms with van der Waals surface area (Å²) in [6, 6.07) is 6.00. The van der Waals surface area contributed by atoms with Crippen LogP contribution in [0, 0.1) is 5.82 Å². The van der Waals surface area contributed by atoms with Crippen molar-refractivity contribution in [2.24, 2.45) is 0 Å². The summed E-state index contributed by atoms with van der Waals surface area (Å²) < 4.78 is 23.2. The number of likely N-dealkylation sites (tertiary alicyclic amines) is 1. The molecule has 25 heavy (non-hydrogen) atoms. The molecule has 0 spiro atoms. The van der Waals surface area contributed by atoms with Crippen LogP contribution in [0.4, 0.5) is 9.18 Å². The van der Waals surface area contributed by atoms with Crippen LogP contribution in [-0.4, -0.2) is 62.8 Å². The second-order valence-corrected chi connectivity index (χ2v) is 5.81. The predicted octanol–water partition coefficient (Wildman–Crippen LogP) is 1.14. The third kappa shape index (κ3) is 6.96. The van der Waals surface area contributed by atoms with E-state index in [2.05, 4.69) is 15.5 Å². The zero-order valence-electron chi connectivity index (χ0n) is 14.3. The van der Waals surface area contributed by atoms with Crippen molar-refractivity contribution in [3.8, 4) is 5.75 Å². The summed E-state index contributed by atoms with van der Waals surface area (Å²) in [4.78, 5) is 24.9. The molecular formula is C17H24FN3O4. The van der Waals surface area contributed by atoms with Crippen LogP contribution in [0.2, 0.25) is 0 Å². The summed E-state index contributed by atoms with van der Waals surface area (Å²) in [7, 11) is 1.49. The van der Waals surface area contributed by atoms with Gasteiger partial charge in [-0.05, 0) is 37.1 Å². The van der Waals surface area contributed by atoms with Crippen molar-refractivity contribution in [1.29, 1.82) is 0 Å². The number of amides is 2. The smallest absolute Gasteiger partial charge is 0.407 e. The van der Waals surface area contributed by atoms with Gasteiger partial charge in [-0.15, -0.1) is 0 Å². The van der Waals surface area contributed by atoms with Gasteiger partial charge in [0.2, 0.25) is 0 Å². The summed E-state index contributed by atoms with van der Waals surface area (Å²) in [5.41, 5.74) is 0. The molecule has 0 atom stereocenters. The normalized spacial score (nSPS) is 15.4. The molecule has 0 radical (unpaired) electrons. The topological polar surface area (TPSA) is 79.9 Å². The first-order valence-corrected chi connectivity index (χ1v) is 8.31. The van der Waals surface area contributed by atoms with Gasteiger partial charge in [-0.3, -0.25) is 9.69 Å². The number of carbonyl (C=O) groups excluding carboxylic acids is 2. The summed E-state index contributed by atoms with van der Waals surface area (Å²) in [6.45, 7) is 2.70. The highest BCUT2D eigenvalue weighted by Gasteiger charge is 2.21. The lowest BCUT2D eigenvalue weighted by molar-refractivity contribution is -0.123. The van der Waals surface area contributed by atoms with Crippen LogP contribution >= 0.6 is 0 Å². The van der Waals surface area contributed by atoms with Gasteiger partial charge in [0.15, 0.2) is 6.61 Å². The Bertz CT molecular complexity index is 560. The Morgan fingerprint density at radius 1 is 1.24 bits per heavy atom. The van der Waals surface area contributed by atoms with Crippen LogP contribution in [-0.2, 0) is 9.53 Å². The molecule has 0 saturated carbocycles. The fourth-order valence-corrected chi connectivity index (χ4v) is 2.54. The van der Waals surface area contributed by atoms with E-state index in [1.54, 1.807) is 12.1 Å². The minimum Gasteiger partial charge on any atom is -0.492 e. The summed E-state index contributed by atoms with van der Waals surface area (Å²) in [5.74, 6) is 0.0266. The minimum atomic E-state index is -0.568. The van der Waals surface area contributed by atoms with Crippen LogP contribution in [0.1, 0.15) is 12.8 Å². The van der Waals surface area contributed by atoms with Gasteiger partial charge in [0.1, 0.15) is 18.2 Å². The Balaban J connectivity index is 1.58. The van der Waals surface area contributed by atoms with Gasteiger partial charge in [0.25, 0.3) is 5.91 Å². The highest BCUT2D eigenvalue weighted by atomic mass is 19.1. The second-order valence-electron chi connectivity index (χ2n) is 5.81. The Hall–Kier alpha value is -2.35. The molecule has 7 nitrogen and oxygen atoms in total. The highest BCUT2D eigenvalue weighted by Crippen LogP contribution is 2.13. The first-order chi connectivity index (χ1) is 12.1. The van der Waals surface area contributed by atoms with Gasteiger partial charge in [0, 0.05) is 32.7 Å². The lowest BCUT2D eigenvalue weighted by Gasteiger charge is -2.31. The summed E-state index contributed by atoms with van der Waals surface area (Å²) >= 11 is 0. The van der Waals surface area contributed by atoms with E-state index in [1.807, 2.05) is 0 Å². The summed E-state index contributed by atoms with van der Waals surface area (Å²) in [5, 5.41) is 5.15. The Morgan fingerprint density at radius 2 is 1.92 bits per heavy atom. The quantitative estimate of drug-likeness (QED) is 0.768. The number of hydrogen-bond donors (Lipinski definition) is 2. The van der Waals surface area contributed by atoms with E-state index in [4.69, 9.17) is 9.47 Å². The van der Waals surface area contributed by atoms with E-state index in [9.17, 15) is 14.0 Å². The fourth-order valence-electron chi connectivity index (χ4n) is 2.54. The molecule has 0 unspecified atom stereocenters. The van der Waals surface area contributed by atoms with Gasteiger partial charge >= 0.3 is 6.09 Å². The molecule has 1 aromatic rings. The Morgan fingerprint density at radius 3 is 2.56 bits per heavy atom. The molecule has 138 valence electrons. The molecule has 2 rings (SSSR count). The first kappa shape index (κ1) is 19.0. The van der Waals surface area contributed by atoms with Crippen LogP contribution in [0.3, 0.4) is 0 Å². The van der Waals surface area contributed by atoms with E-state index in [-0.39, 0.29) is 24.4 Å². The standard InChI is InChI=1S/C17H24FN3O4/c1-19-16(22)12-25-17(23)20-14-6-8-21(9-7-14)10-11-24-15-4-2-13(18)3-5-15/h2-5,14H,6-12H2,1H3,(H,19,22)(H,20,23). The number of carbonyl (C=O) groups is 2. The number of piperidine rings is 1. The van der Waals surface area contributed by atoms with E-state index in [0.29, 0.717) is 12.4 Å². The van der Waals surface area contributed by atoms with Gasteiger partial charge in [-0.1, -0.05) is 0 Å². The second kappa shape index (κ2) is 9.83. The average molecular weight is 353 g/mol. The van der Waals surface area contributed by atoms with Crippen LogP contribution in [0.5, 0.6) is 5.75 Å². The molecule has 0 aliphatic carbocycles. The molecule has 1 fully saturated rings. The van der Waals surface area contributed by atoms with Crippen LogP contribution in [0.25, 0.3) is 0 Å². The molecule has 1 aromatic carbocycles. The molecule has 8 heteroatoms. The molecule has 2 amide bonds. The number of benzene rings is 1. The maximum Gasteiger partial charge on any atom is 0.407 e. The third-order valence-electron chi connectivity index (χ3n) is 4.01. The largest absolute Gasteiger partial charge is 0.492 e. The molecule has 1 aliphatic rings. The predicted molar refractivity (Wildman–Crippen MR) is 89.9 cm³/mol. The van der Waals surface area contributed by atoms with Gasteiger partial charge in [0.05, 0.1) is 0 Å². The van der Waals surface area contributed by atoms with Crippen LogP contribution in [0.15, 0.2) is 24.3 Å². The van der Waals surface area contributed by atoms with Crippen molar-refractivity contribution in [3.63, 3.8) is 0 Å². The van der Waals surface area contributed by atoms with Crippen molar-refractivity contribution >= 4 is 12.0 Å². The van der Waals surface area contributed by atoms with E-state index in [1.165, 1.54) is 19.2 Å². The number of hydrogen-bond acceptors (Lipinski definition) is 5. The van der Waals surface area contributed by atoms with Gasteiger partial charge in [-0.2, -0.15) is 0 Å². The van der Waals surface area contributed by atoms with Crippen molar-refractivity contribution in [1.82, 2.24) is 15.5 Å². The zero-order chi connectivity index (χ0) is 18.1. The Labute approximate surface area is 146 Å². The number of halogens is 1. The van der Waals surface area contributed by atoms with Crippen molar-refractivity contribution < 1.29 is 23.5 Å². The van der Waals surface area contributed by atoms with Gasteiger partial charge < -0.3 is 20.1 Å². The van der Waals surface area contributed by atoms with Crippen molar-refractivity contribution in [2.75, 3.05) is 39.9 Å². The number of likely N-dealkylation sites (N-methyl/N-ethyl adjacent to an activating group) is 1. The average Bonchev–Trinajstić information content (AvgIpc) is 2.63. The zero-order valence-corrected chi connectivity index (χ0v) is 14.3. The number of ether oxygens (including phenoxy) is 2. The molecule has 0 aromatic heterocycles. The monoisotopic (exact) mass is 353 g/mol. The molecule has 1 aliphatic heterocycles. The van der Waals surface area contributed by atoms with Crippen LogP contribution < -0.4 is 15.4 Å². The maximum absolute atomic E-state index is 12.8. The van der Waals surface area contributed by atoms with E-state index in [0.717, 1.165) is 32.5 Å². The molecule has 1 heterocycles. The lowest BCUT2D eigenvalue weighted by atomic mass is 10.1. The molecule has 0 bridgehead atoms. The lowest BCUT2D eigenvalue weighted by Crippen LogP contribution is -2.46. The molecular weight excluding hydrogens is 329 g/mol. The third-order valence-corrected chi connectivity index (χ3v) is 4.01. The Kier molecular flexibility index (Phi) is 7.46. The number of alkyl carbamates (subject to hydrolysis) is 1. The maximum atomic E-state index is 12.8. The van der Waals surface area contributed by atoms with E-state index >= 15 is 0 Å². The first-order valence-electron chi connectivity index (χ1n) is 8.31. The molecule has 2 N–H and O–H groups in total. The number of nitrogens with one attached hydrogen (secondary N) is 2. The highest BCUT2D eigenvalue weighted by molar-refractivity contribution is 5.79. The molecule has 1 saturated heterocycles.